The van der Waals surface area contributed by atoms with E-state index in [2.05, 4.69) is 32.8 Å². The van der Waals surface area contributed by atoms with E-state index >= 15 is 0 Å². The lowest BCUT2D eigenvalue weighted by molar-refractivity contribution is -0.139. The van der Waals surface area contributed by atoms with Gasteiger partial charge in [-0.05, 0) is 34.5 Å². The SMILES string of the molecule is C=CCC(NC(=O)c1cccc(Br)n1)C(=O)O. The molecule has 0 saturated heterocycles. The molecule has 0 fully saturated rings. The summed E-state index contributed by atoms with van der Waals surface area (Å²) < 4.78 is 0.515. The van der Waals surface area contributed by atoms with Crippen LogP contribution in [0.3, 0.4) is 0 Å². The summed E-state index contributed by atoms with van der Waals surface area (Å²) in [5.74, 6) is -1.63. The molecule has 6 heteroatoms. The number of carboxylic acids is 1. The average Bonchev–Trinajstić information content (AvgIpc) is 2.28. The van der Waals surface area contributed by atoms with E-state index < -0.39 is 17.9 Å². The van der Waals surface area contributed by atoms with Gasteiger partial charge >= 0.3 is 5.97 Å². The molecule has 1 atom stereocenters. The summed E-state index contributed by atoms with van der Waals surface area (Å²) in [6, 6.07) is 3.85. The molecule has 0 saturated carbocycles. The van der Waals surface area contributed by atoms with E-state index in [-0.39, 0.29) is 12.1 Å². The minimum atomic E-state index is -1.10. The number of pyridine rings is 1. The Morgan fingerprint density at radius 1 is 1.59 bits per heavy atom. The third-order valence-corrected chi connectivity index (χ3v) is 2.40. The molecule has 0 aliphatic heterocycles. The Morgan fingerprint density at radius 2 is 2.29 bits per heavy atom. The Balaban J connectivity index is 2.77. The van der Waals surface area contributed by atoms with E-state index in [1.165, 1.54) is 12.1 Å². The zero-order valence-corrected chi connectivity index (χ0v) is 10.5. The van der Waals surface area contributed by atoms with Gasteiger partial charge in [-0.3, -0.25) is 4.79 Å². The van der Waals surface area contributed by atoms with Gasteiger partial charge in [0, 0.05) is 0 Å². The lowest BCUT2D eigenvalue weighted by Gasteiger charge is -2.11. The molecule has 0 aromatic carbocycles. The van der Waals surface area contributed by atoms with Gasteiger partial charge in [-0.2, -0.15) is 0 Å². The van der Waals surface area contributed by atoms with Crippen molar-refractivity contribution in [2.24, 2.45) is 0 Å². The Kier molecular flexibility index (Phi) is 4.84. The quantitative estimate of drug-likeness (QED) is 0.639. The van der Waals surface area contributed by atoms with Crippen molar-refractivity contribution in [2.45, 2.75) is 12.5 Å². The molecule has 1 unspecified atom stereocenters. The molecule has 0 radical (unpaired) electrons. The number of carbonyl (C=O) groups excluding carboxylic acids is 1. The highest BCUT2D eigenvalue weighted by atomic mass is 79.9. The Labute approximate surface area is 107 Å². The molecule has 0 spiro atoms. The van der Waals surface area contributed by atoms with Crippen molar-refractivity contribution in [2.75, 3.05) is 0 Å². The summed E-state index contributed by atoms with van der Waals surface area (Å²) in [4.78, 5) is 26.5. The van der Waals surface area contributed by atoms with Crippen LogP contribution in [-0.2, 0) is 4.79 Å². The van der Waals surface area contributed by atoms with Crippen molar-refractivity contribution in [3.8, 4) is 0 Å². The maximum atomic E-state index is 11.7. The van der Waals surface area contributed by atoms with E-state index in [9.17, 15) is 9.59 Å². The summed E-state index contributed by atoms with van der Waals surface area (Å²) in [5.41, 5.74) is 0.162. The lowest BCUT2D eigenvalue weighted by Crippen LogP contribution is -2.40. The van der Waals surface area contributed by atoms with Crippen molar-refractivity contribution in [3.63, 3.8) is 0 Å². The molecule has 0 aliphatic rings. The smallest absolute Gasteiger partial charge is 0.326 e. The lowest BCUT2D eigenvalue weighted by atomic mass is 10.2. The van der Waals surface area contributed by atoms with Gasteiger partial charge in [-0.25, -0.2) is 9.78 Å². The van der Waals surface area contributed by atoms with Crippen LogP contribution in [0, 0.1) is 0 Å². The first-order chi connectivity index (χ1) is 8.04. The number of nitrogens with one attached hydrogen (secondary N) is 1. The van der Waals surface area contributed by atoms with Crippen LogP contribution in [0.4, 0.5) is 0 Å². The second-order valence-corrected chi connectivity index (χ2v) is 4.05. The molecule has 5 nitrogen and oxygen atoms in total. The van der Waals surface area contributed by atoms with Crippen LogP contribution >= 0.6 is 15.9 Å². The number of carbonyl (C=O) groups is 2. The summed E-state index contributed by atoms with van der Waals surface area (Å²) in [6.45, 7) is 3.44. The van der Waals surface area contributed by atoms with E-state index in [4.69, 9.17) is 5.11 Å². The summed E-state index contributed by atoms with van der Waals surface area (Å²) in [7, 11) is 0. The van der Waals surface area contributed by atoms with Gasteiger partial charge in [0.15, 0.2) is 0 Å². The predicted molar refractivity (Wildman–Crippen MR) is 65.6 cm³/mol. The molecule has 1 rings (SSSR count). The van der Waals surface area contributed by atoms with E-state index in [0.29, 0.717) is 4.60 Å². The number of rotatable bonds is 5. The van der Waals surface area contributed by atoms with E-state index in [0.717, 1.165) is 0 Å². The largest absolute Gasteiger partial charge is 0.480 e. The fourth-order valence-corrected chi connectivity index (χ4v) is 1.50. The highest BCUT2D eigenvalue weighted by Crippen LogP contribution is 2.06. The van der Waals surface area contributed by atoms with Crippen LogP contribution in [0.1, 0.15) is 16.9 Å². The molecule has 1 amide bonds. The van der Waals surface area contributed by atoms with Gasteiger partial charge in [0.05, 0.1) is 0 Å². The summed E-state index contributed by atoms with van der Waals surface area (Å²) in [5, 5.41) is 11.2. The average molecular weight is 299 g/mol. The topological polar surface area (TPSA) is 79.3 Å². The number of halogens is 1. The molecular formula is C11H11BrN2O3. The van der Waals surface area contributed by atoms with Crippen molar-refractivity contribution in [1.82, 2.24) is 10.3 Å². The zero-order valence-electron chi connectivity index (χ0n) is 8.89. The zero-order chi connectivity index (χ0) is 12.8. The summed E-state index contributed by atoms with van der Waals surface area (Å²) in [6.07, 6.45) is 1.60. The van der Waals surface area contributed by atoms with Gasteiger partial charge in [-0.1, -0.05) is 12.1 Å². The highest BCUT2D eigenvalue weighted by Gasteiger charge is 2.19. The molecule has 0 bridgehead atoms. The normalized spacial score (nSPS) is 11.6. The second kappa shape index (κ2) is 6.15. The Morgan fingerprint density at radius 3 is 2.82 bits per heavy atom. The number of carboxylic acid groups (broad SMARTS) is 1. The highest BCUT2D eigenvalue weighted by molar-refractivity contribution is 9.10. The number of hydrogen-bond acceptors (Lipinski definition) is 3. The van der Waals surface area contributed by atoms with Crippen LogP contribution in [0.2, 0.25) is 0 Å². The number of aromatic nitrogens is 1. The number of hydrogen-bond donors (Lipinski definition) is 2. The predicted octanol–water partition coefficient (Wildman–Crippen LogP) is 1.60. The molecule has 17 heavy (non-hydrogen) atoms. The first-order valence-electron chi connectivity index (χ1n) is 4.81. The maximum Gasteiger partial charge on any atom is 0.326 e. The fourth-order valence-electron chi connectivity index (χ4n) is 1.16. The van der Waals surface area contributed by atoms with Gasteiger partial charge in [0.1, 0.15) is 16.3 Å². The van der Waals surface area contributed by atoms with Gasteiger partial charge in [0.2, 0.25) is 0 Å². The third-order valence-electron chi connectivity index (χ3n) is 1.95. The Bertz CT molecular complexity index is 448. The molecular weight excluding hydrogens is 288 g/mol. The van der Waals surface area contributed by atoms with Crippen molar-refractivity contribution in [1.29, 1.82) is 0 Å². The molecule has 2 N–H and O–H groups in total. The number of amides is 1. The van der Waals surface area contributed by atoms with Crippen LogP contribution < -0.4 is 5.32 Å². The summed E-state index contributed by atoms with van der Waals surface area (Å²) >= 11 is 3.13. The third kappa shape index (κ3) is 3.99. The molecule has 1 heterocycles. The van der Waals surface area contributed by atoms with E-state index in [1.807, 2.05) is 0 Å². The number of aliphatic carboxylic acids is 1. The van der Waals surface area contributed by atoms with Crippen LogP contribution in [0.25, 0.3) is 0 Å². The monoisotopic (exact) mass is 298 g/mol. The maximum absolute atomic E-state index is 11.7. The van der Waals surface area contributed by atoms with Crippen LogP contribution in [0.5, 0.6) is 0 Å². The van der Waals surface area contributed by atoms with Gasteiger partial charge in [-0.15, -0.1) is 6.58 Å². The van der Waals surface area contributed by atoms with Gasteiger partial charge < -0.3 is 10.4 Å². The second-order valence-electron chi connectivity index (χ2n) is 3.23. The standard InChI is InChI=1S/C11H11BrN2O3/c1-2-4-8(11(16)17)14-10(15)7-5-3-6-9(12)13-7/h2-3,5-6,8H,1,4H2,(H,14,15)(H,16,17). The number of nitrogens with zero attached hydrogens (tertiary/aromatic N) is 1. The minimum Gasteiger partial charge on any atom is -0.480 e. The van der Waals surface area contributed by atoms with Crippen LogP contribution in [0.15, 0.2) is 35.5 Å². The molecule has 1 aromatic rings. The fraction of sp³-hybridized carbons (Fsp3) is 0.182. The van der Waals surface area contributed by atoms with Crippen molar-refractivity contribution < 1.29 is 14.7 Å². The van der Waals surface area contributed by atoms with E-state index in [1.54, 1.807) is 12.1 Å². The first-order valence-corrected chi connectivity index (χ1v) is 5.61. The Hall–Kier alpha value is -1.69. The first kappa shape index (κ1) is 13.4. The van der Waals surface area contributed by atoms with Gasteiger partial charge in [0.25, 0.3) is 5.91 Å². The molecule has 0 aliphatic carbocycles. The molecule has 1 aromatic heterocycles. The van der Waals surface area contributed by atoms with Crippen molar-refractivity contribution in [3.05, 3.63) is 41.2 Å². The minimum absolute atomic E-state index is 0.162. The molecule has 90 valence electrons. The van der Waals surface area contributed by atoms with Crippen LogP contribution in [-0.4, -0.2) is 28.0 Å². The van der Waals surface area contributed by atoms with Crippen molar-refractivity contribution >= 4 is 27.8 Å².